The Morgan fingerprint density at radius 2 is 2.16 bits per heavy atom. The van der Waals surface area contributed by atoms with E-state index >= 15 is 0 Å². The molecule has 0 radical (unpaired) electrons. The van der Waals surface area contributed by atoms with Gasteiger partial charge in [-0.3, -0.25) is 9.69 Å². The molecule has 0 saturated carbocycles. The Labute approximate surface area is 112 Å². The van der Waals surface area contributed by atoms with Crippen molar-refractivity contribution in [1.29, 1.82) is 0 Å². The molecule has 1 heterocycles. The summed E-state index contributed by atoms with van der Waals surface area (Å²) >= 11 is 0. The highest BCUT2D eigenvalue weighted by molar-refractivity contribution is 5.89. The lowest BCUT2D eigenvalue weighted by atomic mass is 10.2. The van der Waals surface area contributed by atoms with E-state index in [1.54, 1.807) is 4.90 Å². The summed E-state index contributed by atoms with van der Waals surface area (Å²) in [5, 5.41) is 2.78. The largest absolute Gasteiger partial charge is 0.442 e. The van der Waals surface area contributed by atoms with Crippen molar-refractivity contribution in [3.8, 4) is 0 Å². The van der Waals surface area contributed by atoms with Gasteiger partial charge in [0.25, 0.3) is 0 Å². The third-order valence-corrected chi connectivity index (χ3v) is 2.95. The molecule has 1 aliphatic heterocycles. The Morgan fingerprint density at radius 1 is 1.42 bits per heavy atom. The van der Waals surface area contributed by atoms with Gasteiger partial charge in [0.2, 0.25) is 5.91 Å². The molecule has 2 amide bonds. The molecular formula is C14H18N2O3. The number of para-hydroxylation sites is 1. The first-order valence-corrected chi connectivity index (χ1v) is 6.50. The topological polar surface area (TPSA) is 58.6 Å². The Balaban J connectivity index is 1.88. The van der Waals surface area contributed by atoms with Gasteiger partial charge in [-0.2, -0.15) is 0 Å². The number of hydrogen-bond donors (Lipinski definition) is 1. The average molecular weight is 262 g/mol. The third kappa shape index (κ3) is 3.47. The molecule has 0 spiro atoms. The fraction of sp³-hybridized carbons (Fsp3) is 0.429. The highest BCUT2D eigenvalue weighted by Crippen LogP contribution is 2.20. The lowest BCUT2D eigenvalue weighted by Crippen LogP contribution is -2.34. The Hall–Kier alpha value is -2.04. The van der Waals surface area contributed by atoms with E-state index < -0.39 is 0 Å². The second-order valence-corrected chi connectivity index (χ2v) is 4.51. The van der Waals surface area contributed by atoms with Crippen LogP contribution in [0.25, 0.3) is 0 Å². The molecule has 0 aliphatic carbocycles. The zero-order valence-corrected chi connectivity index (χ0v) is 11.0. The van der Waals surface area contributed by atoms with Crippen LogP contribution in [0.1, 0.15) is 19.8 Å². The van der Waals surface area contributed by atoms with Crippen LogP contribution in [0, 0.1) is 0 Å². The molecule has 1 fully saturated rings. The van der Waals surface area contributed by atoms with Crippen LogP contribution >= 0.6 is 0 Å². The molecule has 1 aliphatic rings. The zero-order chi connectivity index (χ0) is 13.7. The number of carbonyl (C=O) groups excluding carboxylic acids is 2. The summed E-state index contributed by atoms with van der Waals surface area (Å²) in [5.41, 5.74) is 0.815. The second-order valence-electron chi connectivity index (χ2n) is 4.51. The monoisotopic (exact) mass is 262 g/mol. The van der Waals surface area contributed by atoms with Gasteiger partial charge in [0.1, 0.15) is 6.10 Å². The lowest BCUT2D eigenvalue weighted by molar-refractivity contribution is -0.121. The van der Waals surface area contributed by atoms with Crippen LogP contribution in [0.3, 0.4) is 0 Å². The minimum absolute atomic E-state index is 0.00305. The van der Waals surface area contributed by atoms with Crippen molar-refractivity contribution in [2.75, 3.05) is 18.0 Å². The number of rotatable bonds is 5. The van der Waals surface area contributed by atoms with Crippen molar-refractivity contribution in [2.45, 2.75) is 25.9 Å². The maximum Gasteiger partial charge on any atom is 0.414 e. The molecule has 1 saturated heterocycles. The van der Waals surface area contributed by atoms with Crippen LogP contribution in [0.2, 0.25) is 0 Å². The van der Waals surface area contributed by atoms with Crippen LogP contribution in [0.4, 0.5) is 10.5 Å². The highest BCUT2D eigenvalue weighted by atomic mass is 16.6. The van der Waals surface area contributed by atoms with Crippen LogP contribution in [0.5, 0.6) is 0 Å². The van der Waals surface area contributed by atoms with Crippen LogP contribution in [-0.4, -0.2) is 31.2 Å². The number of carbonyl (C=O) groups is 2. The zero-order valence-electron chi connectivity index (χ0n) is 11.0. The van der Waals surface area contributed by atoms with Crippen molar-refractivity contribution in [1.82, 2.24) is 5.32 Å². The van der Waals surface area contributed by atoms with Gasteiger partial charge in [0.15, 0.2) is 0 Å². The molecular weight excluding hydrogens is 244 g/mol. The molecule has 1 N–H and O–H groups in total. The number of hydrogen-bond acceptors (Lipinski definition) is 3. The normalized spacial score (nSPS) is 18.3. The highest BCUT2D eigenvalue weighted by Gasteiger charge is 2.32. The number of ether oxygens (including phenoxy) is 1. The van der Waals surface area contributed by atoms with E-state index in [1.807, 2.05) is 37.3 Å². The summed E-state index contributed by atoms with van der Waals surface area (Å²) < 4.78 is 5.23. The lowest BCUT2D eigenvalue weighted by Gasteiger charge is -2.12. The first-order valence-electron chi connectivity index (χ1n) is 6.50. The van der Waals surface area contributed by atoms with Gasteiger partial charge in [0.05, 0.1) is 13.1 Å². The van der Waals surface area contributed by atoms with Crippen molar-refractivity contribution < 1.29 is 14.3 Å². The van der Waals surface area contributed by atoms with Crippen LogP contribution in [0.15, 0.2) is 30.3 Å². The summed E-state index contributed by atoms with van der Waals surface area (Å²) in [6.07, 6.45) is 0.671. The fourth-order valence-electron chi connectivity index (χ4n) is 1.99. The van der Waals surface area contributed by atoms with E-state index in [1.165, 1.54) is 0 Å². The van der Waals surface area contributed by atoms with Crippen molar-refractivity contribution in [3.63, 3.8) is 0 Å². The molecule has 1 aromatic carbocycles. The minimum Gasteiger partial charge on any atom is -0.442 e. The molecule has 1 atom stereocenters. The molecule has 5 nitrogen and oxygen atoms in total. The molecule has 1 aromatic rings. The quantitative estimate of drug-likeness (QED) is 0.882. The van der Waals surface area contributed by atoms with Gasteiger partial charge in [-0.25, -0.2) is 4.79 Å². The van der Waals surface area contributed by atoms with Gasteiger partial charge in [-0.05, 0) is 18.6 Å². The van der Waals surface area contributed by atoms with E-state index in [2.05, 4.69) is 5.32 Å². The van der Waals surface area contributed by atoms with Crippen molar-refractivity contribution >= 4 is 17.7 Å². The predicted molar refractivity (Wildman–Crippen MR) is 72.0 cm³/mol. The summed E-state index contributed by atoms with van der Waals surface area (Å²) in [7, 11) is 0. The van der Waals surface area contributed by atoms with Crippen molar-refractivity contribution in [3.05, 3.63) is 30.3 Å². The molecule has 19 heavy (non-hydrogen) atoms. The Kier molecular flexibility index (Phi) is 4.39. The second kappa shape index (κ2) is 6.22. The maximum atomic E-state index is 11.7. The van der Waals surface area contributed by atoms with E-state index in [0.717, 1.165) is 12.1 Å². The van der Waals surface area contributed by atoms with Gasteiger partial charge in [-0.15, -0.1) is 0 Å². The fourth-order valence-corrected chi connectivity index (χ4v) is 1.99. The first-order chi connectivity index (χ1) is 9.20. The van der Waals surface area contributed by atoms with Crippen LogP contribution in [-0.2, 0) is 9.53 Å². The van der Waals surface area contributed by atoms with E-state index in [4.69, 9.17) is 4.74 Å². The number of amides is 2. The van der Waals surface area contributed by atoms with Crippen molar-refractivity contribution in [2.24, 2.45) is 0 Å². The molecule has 0 aromatic heterocycles. The third-order valence-electron chi connectivity index (χ3n) is 2.95. The van der Waals surface area contributed by atoms with E-state index in [9.17, 15) is 9.59 Å². The van der Waals surface area contributed by atoms with Crippen LogP contribution < -0.4 is 10.2 Å². The minimum atomic E-state index is -0.360. The summed E-state index contributed by atoms with van der Waals surface area (Å²) in [5.74, 6) is -0.00305. The smallest absolute Gasteiger partial charge is 0.414 e. The summed E-state index contributed by atoms with van der Waals surface area (Å²) in [6, 6.07) is 9.36. The van der Waals surface area contributed by atoms with Gasteiger partial charge in [-0.1, -0.05) is 25.1 Å². The maximum absolute atomic E-state index is 11.7. The average Bonchev–Trinajstić information content (AvgIpc) is 2.79. The Morgan fingerprint density at radius 3 is 2.84 bits per heavy atom. The standard InChI is InChI=1S/C14H18N2O3/c1-2-6-13(17)15-9-12-10-16(14(18)19-12)11-7-4-3-5-8-11/h3-5,7-8,12H,2,6,9-10H2,1H3,(H,15,17)/t12-/m0/s1. The van der Waals surface area contributed by atoms with Gasteiger partial charge < -0.3 is 10.1 Å². The summed E-state index contributed by atoms with van der Waals surface area (Å²) in [6.45, 7) is 2.79. The van der Waals surface area contributed by atoms with E-state index in [0.29, 0.717) is 19.5 Å². The summed E-state index contributed by atoms with van der Waals surface area (Å²) in [4.78, 5) is 24.7. The molecule has 0 bridgehead atoms. The van der Waals surface area contributed by atoms with Gasteiger partial charge >= 0.3 is 6.09 Å². The first kappa shape index (κ1) is 13.4. The number of nitrogens with zero attached hydrogens (tertiary/aromatic N) is 1. The molecule has 0 unspecified atom stereocenters. The number of benzene rings is 1. The number of cyclic esters (lactones) is 1. The number of nitrogens with one attached hydrogen (secondary N) is 1. The molecule has 102 valence electrons. The Bertz CT molecular complexity index is 447. The van der Waals surface area contributed by atoms with E-state index in [-0.39, 0.29) is 18.1 Å². The predicted octanol–water partition coefficient (Wildman–Crippen LogP) is 1.93. The molecule has 2 rings (SSSR count). The molecule has 5 heteroatoms. The SMILES string of the molecule is CCCC(=O)NC[C@H]1CN(c2ccccc2)C(=O)O1. The number of anilines is 1. The van der Waals surface area contributed by atoms with Gasteiger partial charge in [0, 0.05) is 12.1 Å².